The van der Waals surface area contributed by atoms with Crippen LogP contribution in [0.15, 0.2) is 41.1 Å². The Morgan fingerprint density at radius 2 is 2.31 bits per heavy atom. The Morgan fingerprint density at radius 3 is 3.04 bits per heavy atom. The number of amides is 1. The number of nitrogens with one attached hydrogen (secondary N) is 2. The van der Waals surface area contributed by atoms with Gasteiger partial charge in [0, 0.05) is 25.3 Å². The Balaban J connectivity index is 1.38. The second kappa shape index (κ2) is 7.88. The molecule has 26 heavy (non-hydrogen) atoms. The third-order valence-electron chi connectivity index (χ3n) is 4.89. The number of pyridine rings is 1. The second-order valence-corrected chi connectivity index (χ2v) is 6.74. The minimum absolute atomic E-state index is 0.0619. The third-order valence-corrected chi connectivity index (χ3v) is 4.89. The zero-order valence-electron chi connectivity index (χ0n) is 14.7. The van der Waals surface area contributed by atoms with Gasteiger partial charge in [-0.05, 0) is 43.7 Å². The van der Waals surface area contributed by atoms with E-state index in [0.717, 1.165) is 44.1 Å². The highest BCUT2D eigenvalue weighted by Gasteiger charge is 2.25. The number of ether oxygens (including phenoxy) is 1. The van der Waals surface area contributed by atoms with Gasteiger partial charge < -0.3 is 24.7 Å². The Hall–Kier alpha value is -2.38. The molecule has 0 aromatic carbocycles. The van der Waals surface area contributed by atoms with E-state index in [2.05, 4.69) is 20.5 Å². The molecule has 2 N–H and O–H groups in total. The Labute approximate surface area is 152 Å². The molecule has 138 valence electrons. The largest absolute Gasteiger partial charge is 0.467 e. The van der Waals surface area contributed by atoms with Crippen LogP contribution in [0.1, 0.15) is 35.1 Å². The van der Waals surface area contributed by atoms with Crippen molar-refractivity contribution >= 4 is 11.7 Å². The number of carbonyl (C=O) groups excluding carboxylic acids is 1. The van der Waals surface area contributed by atoms with E-state index in [4.69, 9.17) is 9.15 Å². The highest BCUT2D eigenvalue weighted by Crippen LogP contribution is 2.25. The third kappa shape index (κ3) is 3.89. The molecule has 4 heterocycles. The summed E-state index contributed by atoms with van der Waals surface area (Å²) < 4.78 is 11.2. The fourth-order valence-corrected chi connectivity index (χ4v) is 3.46. The average molecular weight is 356 g/mol. The van der Waals surface area contributed by atoms with Crippen LogP contribution in [0.2, 0.25) is 0 Å². The molecule has 2 aromatic heterocycles. The standard InChI is InChI=1S/C19H24N4O3/c24-19(22-15-3-1-7-20-12-15)14-5-6-18(21-11-14)23-8-10-26-17(13-23)16-4-2-9-25-16/h2,4-6,9,11,15,17,20H,1,3,7-8,10,12-13H2,(H,22,24). The van der Waals surface area contributed by atoms with Gasteiger partial charge in [-0.2, -0.15) is 0 Å². The molecule has 0 aliphatic carbocycles. The van der Waals surface area contributed by atoms with Crippen LogP contribution in [0.25, 0.3) is 0 Å². The topological polar surface area (TPSA) is 79.6 Å². The van der Waals surface area contributed by atoms with Gasteiger partial charge in [0.15, 0.2) is 0 Å². The molecule has 0 saturated carbocycles. The molecule has 0 radical (unpaired) electrons. The van der Waals surface area contributed by atoms with Crippen molar-refractivity contribution < 1.29 is 13.9 Å². The van der Waals surface area contributed by atoms with Gasteiger partial charge in [0.1, 0.15) is 17.7 Å². The summed E-state index contributed by atoms with van der Waals surface area (Å²) in [6.07, 6.45) is 5.33. The number of aromatic nitrogens is 1. The highest BCUT2D eigenvalue weighted by molar-refractivity contribution is 5.94. The molecule has 0 bridgehead atoms. The van der Waals surface area contributed by atoms with Crippen molar-refractivity contribution in [2.24, 2.45) is 0 Å². The summed E-state index contributed by atoms with van der Waals surface area (Å²) in [6.45, 7) is 3.92. The van der Waals surface area contributed by atoms with E-state index in [1.165, 1.54) is 0 Å². The van der Waals surface area contributed by atoms with Gasteiger partial charge in [-0.25, -0.2) is 4.98 Å². The number of hydrogen-bond donors (Lipinski definition) is 2. The van der Waals surface area contributed by atoms with Crippen LogP contribution >= 0.6 is 0 Å². The molecule has 2 saturated heterocycles. The van der Waals surface area contributed by atoms with E-state index in [1.54, 1.807) is 12.5 Å². The number of piperidine rings is 1. The number of hydrogen-bond acceptors (Lipinski definition) is 6. The quantitative estimate of drug-likeness (QED) is 0.869. The molecule has 2 fully saturated rings. The van der Waals surface area contributed by atoms with E-state index >= 15 is 0 Å². The summed E-state index contributed by atoms with van der Waals surface area (Å²) in [5, 5.41) is 6.38. The maximum Gasteiger partial charge on any atom is 0.253 e. The fourth-order valence-electron chi connectivity index (χ4n) is 3.46. The number of furan rings is 1. The number of anilines is 1. The minimum Gasteiger partial charge on any atom is -0.467 e. The second-order valence-electron chi connectivity index (χ2n) is 6.74. The normalized spacial score (nSPS) is 23.6. The smallest absolute Gasteiger partial charge is 0.253 e. The van der Waals surface area contributed by atoms with Crippen LogP contribution in [0.4, 0.5) is 5.82 Å². The van der Waals surface area contributed by atoms with Gasteiger partial charge in [-0.15, -0.1) is 0 Å². The first-order chi connectivity index (χ1) is 12.8. The summed E-state index contributed by atoms with van der Waals surface area (Å²) in [4.78, 5) is 19.0. The van der Waals surface area contributed by atoms with Crippen molar-refractivity contribution in [3.8, 4) is 0 Å². The predicted octanol–water partition coefficient (Wildman–Crippen LogP) is 1.73. The van der Waals surface area contributed by atoms with E-state index < -0.39 is 0 Å². The maximum atomic E-state index is 12.4. The predicted molar refractivity (Wildman–Crippen MR) is 97.2 cm³/mol. The van der Waals surface area contributed by atoms with Crippen molar-refractivity contribution in [1.29, 1.82) is 0 Å². The van der Waals surface area contributed by atoms with Crippen LogP contribution in [-0.2, 0) is 4.74 Å². The molecule has 1 amide bonds. The first-order valence-corrected chi connectivity index (χ1v) is 9.17. The van der Waals surface area contributed by atoms with E-state index in [9.17, 15) is 4.79 Å². The van der Waals surface area contributed by atoms with Crippen molar-refractivity contribution in [2.45, 2.75) is 25.0 Å². The van der Waals surface area contributed by atoms with Crippen molar-refractivity contribution in [2.75, 3.05) is 37.7 Å². The van der Waals surface area contributed by atoms with Crippen molar-refractivity contribution in [3.63, 3.8) is 0 Å². The van der Waals surface area contributed by atoms with Gasteiger partial charge in [0.25, 0.3) is 5.91 Å². The van der Waals surface area contributed by atoms with Crippen molar-refractivity contribution in [3.05, 3.63) is 48.0 Å². The van der Waals surface area contributed by atoms with Gasteiger partial charge in [-0.3, -0.25) is 4.79 Å². The van der Waals surface area contributed by atoms with Crippen LogP contribution in [0.5, 0.6) is 0 Å². The minimum atomic E-state index is -0.0951. The number of carbonyl (C=O) groups is 1. The fraction of sp³-hybridized carbons (Fsp3) is 0.474. The summed E-state index contributed by atoms with van der Waals surface area (Å²) >= 11 is 0. The van der Waals surface area contributed by atoms with E-state index in [0.29, 0.717) is 18.7 Å². The SMILES string of the molecule is O=C(NC1CCCNC1)c1ccc(N2CCOC(c3ccco3)C2)nc1. The maximum absolute atomic E-state index is 12.4. The van der Waals surface area contributed by atoms with E-state index in [-0.39, 0.29) is 18.1 Å². The average Bonchev–Trinajstić information content (AvgIpc) is 3.24. The molecule has 2 aliphatic rings. The van der Waals surface area contributed by atoms with Crippen LogP contribution in [-0.4, -0.2) is 49.7 Å². The molecule has 2 aliphatic heterocycles. The van der Waals surface area contributed by atoms with E-state index in [1.807, 2.05) is 24.3 Å². The molecular formula is C19H24N4O3. The molecule has 2 unspecified atom stereocenters. The summed E-state index contributed by atoms with van der Waals surface area (Å²) in [5.74, 6) is 1.61. The van der Waals surface area contributed by atoms with Crippen LogP contribution in [0.3, 0.4) is 0 Å². The summed E-state index contributed by atoms with van der Waals surface area (Å²) in [6, 6.07) is 7.73. The lowest BCUT2D eigenvalue weighted by Gasteiger charge is -2.32. The highest BCUT2D eigenvalue weighted by atomic mass is 16.5. The summed E-state index contributed by atoms with van der Waals surface area (Å²) in [7, 11) is 0. The molecule has 0 spiro atoms. The lowest BCUT2D eigenvalue weighted by Crippen LogP contribution is -2.45. The van der Waals surface area contributed by atoms with Gasteiger partial charge >= 0.3 is 0 Å². The monoisotopic (exact) mass is 356 g/mol. The van der Waals surface area contributed by atoms with Gasteiger partial charge in [0.05, 0.1) is 25.0 Å². The molecular weight excluding hydrogens is 332 g/mol. The Kier molecular flexibility index (Phi) is 5.17. The number of nitrogens with zero attached hydrogens (tertiary/aromatic N) is 2. The van der Waals surface area contributed by atoms with Gasteiger partial charge in [-0.1, -0.05) is 0 Å². The van der Waals surface area contributed by atoms with Crippen LogP contribution in [0, 0.1) is 0 Å². The molecule has 7 heteroatoms. The lowest BCUT2D eigenvalue weighted by atomic mass is 10.1. The molecule has 2 atom stereocenters. The lowest BCUT2D eigenvalue weighted by molar-refractivity contribution is 0.0255. The number of rotatable bonds is 4. The van der Waals surface area contributed by atoms with Crippen LogP contribution < -0.4 is 15.5 Å². The van der Waals surface area contributed by atoms with Crippen molar-refractivity contribution in [1.82, 2.24) is 15.6 Å². The summed E-state index contributed by atoms with van der Waals surface area (Å²) in [5.41, 5.74) is 0.593. The Morgan fingerprint density at radius 1 is 1.35 bits per heavy atom. The molecule has 7 nitrogen and oxygen atoms in total. The zero-order chi connectivity index (χ0) is 17.8. The Bertz CT molecular complexity index is 711. The zero-order valence-corrected chi connectivity index (χ0v) is 14.7. The first kappa shape index (κ1) is 17.1. The first-order valence-electron chi connectivity index (χ1n) is 9.17. The van der Waals surface area contributed by atoms with Gasteiger partial charge in [0.2, 0.25) is 0 Å². The molecule has 2 aromatic rings. The number of morpholine rings is 1. The molecule has 4 rings (SSSR count).